The highest BCUT2D eigenvalue weighted by Gasteiger charge is 1.82. The first-order valence-corrected chi connectivity index (χ1v) is 5.71. The molecule has 0 nitrogen and oxygen atoms in total. The summed E-state index contributed by atoms with van der Waals surface area (Å²) in [7, 11) is 0. The smallest absolute Gasteiger partial charge is 0.0276 e. The second-order valence-corrected chi connectivity index (χ2v) is 3.68. The molecule has 0 atom stereocenters. The fourth-order valence-electron chi connectivity index (χ4n) is 1.49. The molecule has 2 aromatic carbocycles. The van der Waals surface area contributed by atoms with Crippen molar-refractivity contribution in [1.29, 1.82) is 0 Å². The van der Waals surface area contributed by atoms with E-state index in [0.29, 0.717) is 0 Å². The summed E-state index contributed by atoms with van der Waals surface area (Å²) in [5.41, 5.74) is 2.29. The highest BCUT2D eigenvalue weighted by Crippen LogP contribution is 2.01. The third-order valence-electron chi connectivity index (χ3n) is 2.34. The molecule has 0 aliphatic carbocycles. The Hall–Kier alpha value is -2.26. The van der Waals surface area contributed by atoms with Crippen LogP contribution in [0.2, 0.25) is 0 Å². The maximum absolute atomic E-state index is 3.14. The molecule has 2 rings (SSSR count). The molecule has 2 aromatic rings. The molecule has 0 N–H and O–H groups in total. The molecule has 0 aliphatic rings. The van der Waals surface area contributed by atoms with Crippen LogP contribution >= 0.6 is 0 Å². The molecule has 0 saturated carbocycles. The lowest BCUT2D eigenvalue weighted by Gasteiger charge is -1.89. The molecule has 0 aromatic heterocycles. The van der Waals surface area contributed by atoms with E-state index in [1.54, 1.807) is 0 Å². The number of allylic oxidation sites excluding steroid dienone is 1. The van der Waals surface area contributed by atoms with Crippen molar-refractivity contribution in [3.63, 3.8) is 0 Å². The molecule has 17 heavy (non-hydrogen) atoms. The van der Waals surface area contributed by atoms with Gasteiger partial charge in [-0.25, -0.2) is 0 Å². The van der Waals surface area contributed by atoms with Crippen LogP contribution in [-0.4, -0.2) is 0 Å². The monoisotopic (exact) mass is 218 g/mol. The molecular weight excluding hydrogens is 204 g/mol. The van der Waals surface area contributed by atoms with Gasteiger partial charge in [0.2, 0.25) is 0 Å². The van der Waals surface area contributed by atoms with Crippen molar-refractivity contribution in [2.45, 2.75) is 6.42 Å². The average molecular weight is 218 g/mol. The third kappa shape index (κ3) is 4.01. The Morgan fingerprint density at radius 2 is 1.47 bits per heavy atom. The minimum atomic E-state index is 0.782. The number of hydrogen-bond donors (Lipinski definition) is 0. The van der Waals surface area contributed by atoms with Gasteiger partial charge in [0.05, 0.1) is 0 Å². The Morgan fingerprint density at radius 1 is 0.824 bits per heavy atom. The van der Waals surface area contributed by atoms with Crippen LogP contribution in [0, 0.1) is 11.8 Å². The molecule has 0 fully saturated rings. The molecule has 0 heteroatoms. The Bertz CT molecular complexity index is 525. The van der Waals surface area contributed by atoms with Crippen LogP contribution in [0.4, 0.5) is 0 Å². The fraction of sp³-hybridized carbons (Fsp3) is 0.0588. The lowest BCUT2D eigenvalue weighted by molar-refractivity contribution is 1.48. The Balaban J connectivity index is 1.88. The number of benzene rings is 2. The SMILES string of the molecule is C(#Cc1ccccc1)CC=Cc1ccccc1. The first-order chi connectivity index (χ1) is 8.45. The topological polar surface area (TPSA) is 0 Å². The minimum Gasteiger partial charge on any atom is -0.0937 e. The van der Waals surface area contributed by atoms with Crippen molar-refractivity contribution >= 4 is 6.08 Å². The number of hydrogen-bond acceptors (Lipinski definition) is 0. The molecule has 82 valence electrons. The van der Waals surface area contributed by atoms with Gasteiger partial charge in [0.15, 0.2) is 0 Å². The lowest BCUT2D eigenvalue weighted by Crippen LogP contribution is -1.71. The standard InChI is InChI=1S/C17H14/c1-4-10-16(11-5-1)14-8-3-9-15-17-12-6-2-7-13-17/h1-2,4-8,10-14H,3H2. The van der Waals surface area contributed by atoms with Gasteiger partial charge in [-0.1, -0.05) is 72.5 Å². The van der Waals surface area contributed by atoms with Crippen LogP contribution in [0.3, 0.4) is 0 Å². The van der Waals surface area contributed by atoms with Crippen LogP contribution in [0.1, 0.15) is 17.5 Å². The Kier molecular flexibility index (Phi) is 4.20. The maximum Gasteiger partial charge on any atom is 0.0276 e. The summed E-state index contributed by atoms with van der Waals surface area (Å²) in [6.45, 7) is 0. The fourth-order valence-corrected chi connectivity index (χ4v) is 1.49. The van der Waals surface area contributed by atoms with Crippen LogP contribution < -0.4 is 0 Å². The first kappa shape index (κ1) is 11.2. The van der Waals surface area contributed by atoms with Crippen molar-refractivity contribution in [3.05, 3.63) is 77.9 Å². The van der Waals surface area contributed by atoms with Gasteiger partial charge < -0.3 is 0 Å². The lowest BCUT2D eigenvalue weighted by atomic mass is 10.2. The summed E-state index contributed by atoms with van der Waals surface area (Å²) in [4.78, 5) is 0. The number of rotatable bonds is 2. The van der Waals surface area contributed by atoms with Crippen LogP contribution in [0.15, 0.2) is 66.7 Å². The molecule has 0 spiro atoms. The molecule has 0 amide bonds. The van der Waals surface area contributed by atoms with Crippen molar-refractivity contribution in [1.82, 2.24) is 0 Å². The molecule has 0 aliphatic heterocycles. The molecule has 0 saturated heterocycles. The van der Waals surface area contributed by atoms with Gasteiger partial charge in [0, 0.05) is 12.0 Å². The summed E-state index contributed by atoms with van der Waals surface area (Å²) in [6, 6.07) is 20.3. The second-order valence-electron chi connectivity index (χ2n) is 3.68. The van der Waals surface area contributed by atoms with Gasteiger partial charge in [-0.2, -0.15) is 0 Å². The van der Waals surface area contributed by atoms with Crippen LogP contribution in [0.25, 0.3) is 6.08 Å². The van der Waals surface area contributed by atoms with E-state index in [9.17, 15) is 0 Å². The minimum absolute atomic E-state index is 0.782. The summed E-state index contributed by atoms with van der Waals surface area (Å²) in [5, 5.41) is 0. The van der Waals surface area contributed by atoms with Crippen LogP contribution in [0.5, 0.6) is 0 Å². The highest BCUT2D eigenvalue weighted by molar-refractivity contribution is 5.49. The van der Waals surface area contributed by atoms with Gasteiger partial charge in [0.25, 0.3) is 0 Å². The van der Waals surface area contributed by atoms with E-state index in [1.807, 2.05) is 48.5 Å². The first-order valence-electron chi connectivity index (χ1n) is 5.71. The third-order valence-corrected chi connectivity index (χ3v) is 2.34. The molecule has 0 bridgehead atoms. The summed E-state index contributed by atoms with van der Waals surface area (Å²) >= 11 is 0. The van der Waals surface area contributed by atoms with E-state index < -0.39 is 0 Å². The molecule has 0 unspecified atom stereocenters. The van der Waals surface area contributed by atoms with E-state index in [1.165, 1.54) is 5.56 Å². The van der Waals surface area contributed by atoms with Gasteiger partial charge >= 0.3 is 0 Å². The average Bonchev–Trinajstić information content (AvgIpc) is 2.41. The van der Waals surface area contributed by atoms with E-state index in [0.717, 1.165) is 12.0 Å². The molecular formula is C17H14. The van der Waals surface area contributed by atoms with E-state index in [-0.39, 0.29) is 0 Å². The summed E-state index contributed by atoms with van der Waals surface area (Å²) in [6.07, 6.45) is 4.97. The van der Waals surface area contributed by atoms with Crippen LogP contribution in [-0.2, 0) is 0 Å². The zero-order valence-electron chi connectivity index (χ0n) is 9.64. The van der Waals surface area contributed by atoms with Crippen molar-refractivity contribution in [2.24, 2.45) is 0 Å². The summed E-state index contributed by atoms with van der Waals surface area (Å²) in [5.74, 6) is 6.26. The van der Waals surface area contributed by atoms with Crippen molar-refractivity contribution in [3.8, 4) is 11.8 Å². The highest BCUT2D eigenvalue weighted by atomic mass is 13.9. The Morgan fingerprint density at radius 3 is 2.18 bits per heavy atom. The molecule has 0 radical (unpaired) electrons. The Labute approximate surface area is 103 Å². The van der Waals surface area contributed by atoms with E-state index in [4.69, 9.17) is 0 Å². The van der Waals surface area contributed by atoms with Crippen molar-refractivity contribution in [2.75, 3.05) is 0 Å². The predicted molar refractivity (Wildman–Crippen MR) is 73.4 cm³/mol. The van der Waals surface area contributed by atoms with Gasteiger partial charge in [-0.05, 0) is 17.7 Å². The van der Waals surface area contributed by atoms with Gasteiger partial charge in [-0.3, -0.25) is 0 Å². The van der Waals surface area contributed by atoms with E-state index in [2.05, 4.69) is 36.1 Å². The predicted octanol–water partition coefficient (Wildman–Crippen LogP) is 4.14. The summed E-state index contributed by atoms with van der Waals surface area (Å²) < 4.78 is 0. The normalized spacial score (nSPS) is 9.88. The van der Waals surface area contributed by atoms with Crippen molar-refractivity contribution < 1.29 is 0 Å². The second kappa shape index (κ2) is 6.35. The van der Waals surface area contributed by atoms with Gasteiger partial charge in [-0.15, -0.1) is 0 Å². The van der Waals surface area contributed by atoms with Gasteiger partial charge in [0.1, 0.15) is 0 Å². The largest absolute Gasteiger partial charge is 0.0937 e. The maximum atomic E-state index is 3.14. The quantitative estimate of drug-likeness (QED) is 0.664. The molecule has 0 heterocycles. The van der Waals surface area contributed by atoms with E-state index >= 15 is 0 Å². The zero-order valence-corrected chi connectivity index (χ0v) is 9.64. The zero-order chi connectivity index (χ0) is 11.8.